The van der Waals surface area contributed by atoms with Crippen LogP contribution in [-0.4, -0.2) is 14.5 Å². The molecule has 3 aromatic rings. The fraction of sp³-hybridized carbons (Fsp3) is 0.250. The molecule has 20 heavy (non-hydrogen) atoms. The minimum absolute atomic E-state index is 0.629. The number of nitrogens with two attached hydrogens (primary N) is 1. The van der Waals surface area contributed by atoms with Crippen LogP contribution in [0.4, 0.5) is 0 Å². The minimum atomic E-state index is -0.629. The average Bonchev–Trinajstić information content (AvgIpc) is 2.87. The van der Waals surface area contributed by atoms with Crippen molar-refractivity contribution in [2.45, 2.75) is 25.9 Å². The van der Waals surface area contributed by atoms with Crippen LogP contribution in [0.2, 0.25) is 0 Å². The van der Waals surface area contributed by atoms with Crippen LogP contribution < -0.4 is 5.73 Å². The van der Waals surface area contributed by atoms with E-state index in [-0.39, 0.29) is 0 Å². The van der Waals surface area contributed by atoms with Gasteiger partial charge in [-0.25, -0.2) is 4.98 Å². The number of fused-ring (bicyclic) bond motifs is 1. The normalized spacial score (nSPS) is 14.3. The lowest BCUT2D eigenvalue weighted by atomic mass is 9.92. The van der Waals surface area contributed by atoms with E-state index < -0.39 is 5.54 Å². The third kappa shape index (κ3) is 1.89. The standard InChI is InChI=1S/C16H18N4/c1-3-20-14-9-10-18-11-13(14)19-15(20)16(2,17)12-7-5-4-6-8-12/h4-11H,3,17H2,1-2H3. The summed E-state index contributed by atoms with van der Waals surface area (Å²) in [4.78, 5) is 8.85. The van der Waals surface area contributed by atoms with E-state index in [1.165, 1.54) is 0 Å². The van der Waals surface area contributed by atoms with E-state index in [1.807, 2.05) is 43.3 Å². The topological polar surface area (TPSA) is 56.7 Å². The summed E-state index contributed by atoms with van der Waals surface area (Å²) in [5.41, 5.74) is 8.98. The van der Waals surface area contributed by atoms with Crippen LogP contribution in [0.5, 0.6) is 0 Å². The molecule has 1 unspecified atom stereocenters. The van der Waals surface area contributed by atoms with Gasteiger partial charge in [-0.1, -0.05) is 30.3 Å². The first-order valence-electron chi connectivity index (χ1n) is 6.79. The van der Waals surface area contributed by atoms with E-state index in [0.717, 1.165) is 29.0 Å². The van der Waals surface area contributed by atoms with E-state index in [9.17, 15) is 0 Å². The molecular weight excluding hydrogens is 248 g/mol. The Labute approximate surface area is 118 Å². The Morgan fingerprint density at radius 2 is 1.95 bits per heavy atom. The second-order valence-corrected chi connectivity index (χ2v) is 5.11. The molecule has 0 fully saturated rings. The van der Waals surface area contributed by atoms with Gasteiger partial charge in [0.15, 0.2) is 0 Å². The van der Waals surface area contributed by atoms with Gasteiger partial charge >= 0.3 is 0 Å². The third-order valence-corrected chi connectivity index (χ3v) is 3.70. The number of hydrogen-bond acceptors (Lipinski definition) is 3. The van der Waals surface area contributed by atoms with Gasteiger partial charge in [-0.2, -0.15) is 0 Å². The van der Waals surface area contributed by atoms with E-state index in [2.05, 4.69) is 16.5 Å². The molecule has 4 heteroatoms. The molecule has 0 aliphatic heterocycles. The van der Waals surface area contributed by atoms with Crippen LogP contribution >= 0.6 is 0 Å². The fourth-order valence-corrected chi connectivity index (χ4v) is 2.61. The van der Waals surface area contributed by atoms with Gasteiger partial charge in [0.05, 0.1) is 17.3 Å². The molecule has 2 heterocycles. The van der Waals surface area contributed by atoms with Crippen LogP contribution in [0.15, 0.2) is 48.8 Å². The predicted molar refractivity (Wildman–Crippen MR) is 80.3 cm³/mol. The van der Waals surface area contributed by atoms with Crippen molar-refractivity contribution in [3.05, 3.63) is 60.2 Å². The molecule has 0 saturated heterocycles. The number of pyridine rings is 1. The smallest absolute Gasteiger partial charge is 0.134 e. The first kappa shape index (κ1) is 12.8. The summed E-state index contributed by atoms with van der Waals surface area (Å²) >= 11 is 0. The quantitative estimate of drug-likeness (QED) is 0.793. The molecule has 0 aliphatic carbocycles. The maximum Gasteiger partial charge on any atom is 0.134 e. The van der Waals surface area contributed by atoms with Crippen LogP contribution in [0, 0.1) is 0 Å². The number of aryl methyl sites for hydroxylation is 1. The van der Waals surface area contributed by atoms with Gasteiger partial charge in [0, 0.05) is 12.7 Å². The molecule has 2 aromatic heterocycles. The number of hydrogen-bond donors (Lipinski definition) is 1. The van der Waals surface area contributed by atoms with Crippen molar-refractivity contribution in [3.8, 4) is 0 Å². The summed E-state index contributed by atoms with van der Waals surface area (Å²) in [7, 11) is 0. The Hall–Kier alpha value is -2.20. The maximum absolute atomic E-state index is 6.60. The molecule has 0 bridgehead atoms. The second-order valence-electron chi connectivity index (χ2n) is 5.11. The van der Waals surface area contributed by atoms with Crippen LogP contribution in [-0.2, 0) is 12.1 Å². The molecule has 0 spiro atoms. The summed E-state index contributed by atoms with van der Waals surface area (Å²) in [5.74, 6) is 0.870. The SMILES string of the molecule is CCn1c(C(C)(N)c2ccccc2)nc2cnccc21. The van der Waals surface area contributed by atoms with E-state index in [1.54, 1.807) is 12.4 Å². The zero-order valence-electron chi connectivity index (χ0n) is 11.7. The number of benzene rings is 1. The molecule has 0 amide bonds. The maximum atomic E-state index is 6.60. The lowest BCUT2D eigenvalue weighted by molar-refractivity contribution is 0.522. The predicted octanol–water partition coefficient (Wildman–Crippen LogP) is 2.67. The number of aromatic nitrogens is 3. The van der Waals surface area contributed by atoms with Gasteiger partial charge < -0.3 is 10.3 Å². The van der Waals surface area contributed by atoms with Gasteiger partial charge in [-0.05, 0) is 25.5 Å². The average molecular weight is 266 g/mol. The zero-order valence-corrected chi connectivity index (χ0v) is 11.7. The summed E-state index contributed by atoms with van der Waals surface area (Å²) in [5, 5.41) is 0. The van der Waals surface area contributed by atoms with Crippen molar-refractivity contribution >= 4 is 11.0 Å². The van der Waals surface area contributed by atoms with Gasteiger partial charge in [-0.15, -0.1) is 0 Å². The Morgan fingerprint density at radius 3 is 2.65 bits per heavy atom. The molecule has 102 valence electrons. The van der Waals surface area contributed by atoms with Crippen molar-refractivity contribution < 1.29 is 0 Å². The molecule has 4 nitrogen and oxygen atoms in total. The van der Waals surface area contributed by atoms with Crippen LogP contribution in [0.1, 0.15) is 25.2 Å². The highest BCUT2D eigenvalue weighted by molar-refractivity contribution is 5.75. The van der Waals surface area contributed by atoms with Crippen molar-refractivity contribution in [1.29, 1.82) is 0 Å². The van der Waals surface area contributed by atoms with Crippen LogP contribution in [0.25, 0.3) is 11.0 Å². The van der Waals surface area contributed by atoms with Gasteiger partial charge in [0.25, 0.3) is 0 Å². The zero-order chi connectivity index (χ0) is 14.2. The molecular formula is C16H18N4. The Balaban J connectivity index is 2.23. The Morgan fingerprint density at radius 1 is 1.20 bits per heavy atom. The molecule has 2 N–H and O–H groups in total. The van der Waals surface area contributed by atoms with Gasteiger partial charge in [0.2, 0.25) is 0 Å². The van der Waals surface area contributed by atoms with Crippen LogP contribution in [0.3, 0.4) is 0 Å². The van der Waals surface area contributed by atoms with Crippen molar-refractivity contribution in [1.82, 2.24) is 14.5 Å². The first-order valence-corrected chi connectivity index (χ1v) is 6.79. The fourth-order valence-electron chi connectivity index (χ4n) is 2.61. The Kier molecular flexibility index (Phi) is 3.03. The first-order chi connectivity index (χ1) is 9.64. The molecule has 1 atom stereocenters. The summed E-state index contributed by atoms with van der Waals surface area (Å²) in [6, 6.07) is 12.1. The highest BCUT2D eigenvalue weighted by Crippen LogP contribution is 2.28. The van der Waals surface area contributed by atoms with Crippen molar-refractivity contribution in [2.24, 2.45) is 5.73 Å². The monoisotopic (exact) mass is 266 g/mol. The summed E-state index contributed by atoms with van der Waals surface area (Å²) in [6.07, 6.45) is 3.57. The second kappa shape index (κ2) is 4.72. The third-order valence-electron chi connectivity index (χ3n) is 3.70. The van der Waals surface area contributed by atoms with E-state index in [0.29, 0.717) is 0 Å². The highest BCUT2D eigenvalue weighted by Gasteiger charge is 2.29. The van der Waals surface area contributed by atoms with E-state index in [4.69, 9.17) is 10.7 Å². The molecule has 3 rings (SSSR count). The molecule has 1 aromatic carbocycles. The molecule has 0 saturated carbocycles. The van der Waals surface area contributed by atoms with Crippen molar-refractivity contribution in [3.63, 3.8) is 0 Å². The minimum Gasteiger partial charge on any atom is -0.326 e. The largest absolute Gasteiger partial charge is 0.326 e. The lowest BCUT2D eigenvalue weighted by Crippen LogP contribution is -2.37. The summed E-state index contributed by atoms with van der Waals surface area (Å²) in [6.45, 7) is 4.94. The van der Waals surface area contributed by atoms with Gasteiger partial charge in [-0.3, -0.25) is 4.98 Å². The number of nitrogens with zero attached hydrogens (tertiary/aromatic N) is 3. The molecule has 0 aliphatic rings. The highest BCUT2D eigenvalue weighted by atomic mass is 15.1. The lowest BCUT2D eigenvalue weighted by Gasteiger charge is -2.25. The number of imidazole rings is 1. The van der Waals surface area contributed by atoms with Crippen molar-refractivity contribution in [2.75, 3.05) is 0 Å². The number of rotatable bonds is 3. The Bertz CT molecular complexity index is 729. The van der Waals surface area contributed by atoms with E-state index >= 15 is 0 Å². The summed E-state index contributed by atoms with van der Waals surface area (Å²) < 4.78 is 2.16. The molecule has 0 radical (unpaired) electrons. The van der Waals surface area contributed by atoms with Gasteiger partial charge in [0.1, 0.15) is 11.3 Å².